The maximum absolute atomic E-state index is 11.5. The highest BCUT2D eigenvalue weighted by Gasteiger charge is 2.42. The van der Waals surface area contributed by atoms with Crippen LogP contribution >= 0.6 is 0 Å². The van der Waals surface area contributed by atoms with E-state index in [-0.39, 0.29) is 0 Å². The molecule has 2 rings (SSSR count). The van der Waals surface area contributed by atoms with Gasteiger partial charge < -0.3 is 0 Å². The number of carbonyl (C=O) groups is 1. The molecule has 0 spiro atoms. The first-order valence-electron chi connectivity index (χ1n) is 6.91. The zero-order valence-electron chi connectivity index (χ0n) is 10.9. The first-order valence-corrected chi connectivity index (χ1v) is 6.91. The Morgan fingerprint density at radius 2 is 1.81 bits per heavy atom. The lowest BCUT2D eigenvalue weighted by atomic mass is 9.94. The molecule has 0 radical (unpaired) electrons. The van der Waals surface area contributed by atoms with E-state index < -0.39 is 0 Å². The van der Waals surface area contributed by atoms with Crippen LogP contribution in [0.1, 0.15) is 59.3 Å². The maximum atomic E-state index is 11.5. The zero-order valence-corrected chi connectivity index (χ0v) is 10.9. The van der Waals surface area contributed by atoms with E-state index in [0.29, 0.717) is 23.9 Å². The molecule has 0 aromatic heterocycles. The van der Waals surface area contributed by atoms with Gasteiger partial charge in [0.15, 0.2) is 0 Å². The van der Waals surface area contributed by atoms with Gasteiger partial charge in [0.25, 0.3) is 0 Å². The second kappa shape index (κ2) is 4.87. The molecule has 0 saturated carbocycles. The Hall–Kier alpha value is -0.370. The zero-order chi connectivity index (χ0) is 11.7. The van der Waals surface area contributed by atoms with Crippen LogP contribution in [0.2, 0.25) is 0 Å². The van der Waals surface area contributed by atoms with Crippen molar-refractivity contribution in [2.45, 2.75) is 77.4 Å². The van der Waals surface area contributed by atoms with Crippen LogP contribution in [-0.2, 0) is 4.79 Å². The fourth-order valence-corrected chi connectivity index (χ4v) is 3.60. The van der Waals surface area contributed by atoms with E-state index in [1.165, 1.54) is 25.7 Å². The standard InChI is InChI=1S/C14H25NO/c1-4-10(2)7-11(3)15-12-5-6-13(15)9-14(16)8-12/h10-13H,4-9H2,1-3H3. The molecule has 0 aromatic rings. The quantitative estimate of drug-likeness (QED) is 0.730. The Balaban J connectivity index is 1.97. The van der Waals surface area contributed by atoms with Crippen LogP contribution < -0.4 is 0 Å². The van der Waals surface area contributed by atoms with Crippen molar-refractivity contribution in [3.8, 4) is 0 Å². The summed E-state index contributed by atoms with van der Waals surface area (Å²) in [7, 11) is 0. The predicted octanol–water partition coefficient (Wildman–Crippen LogP) is 3.01. The molecule has 2 aliphatic rings. The fraction of sp³-hybridized carbons (Fsp3) is 0.929. The molecule has 2 saturated heterocycles. The van der Waals surface area contributed by atoms with Gasteiger partial charge in [0.1, 0.15) is 5.78 Å². The van der Waals surface area contributed by atoms with E-state index in [1.54, 1.807) is 0 Å². The summed E-state index contributed by atoms with van der Waals surface area (Å²) in [6.07, 6.45) is 6.70. The van der Waals surface area contributed by atoms with Gasteiger partial charge >= 0.3 is 0 Å². The van der Waals surface area contributed by atoms with Crippen LogP contribution in [0.15, 0.2) is 0 Å². The molecule has 16 heavy (non-hydrogen) atoms. The van der Waals surface area contributed by atoms with Crippen LogP contribution in [-0.4, -0.2) is 28.8 Å². The SMILES string of the molecule is CCC(C)CC(C)N1C2CCC1CC(=O)C2. The van der Waals surface area contributed by atoms with Crippen molar-refractivity contribution < 1.29 is 4.79 Å². The molecule has 2 fully saturated rings. The number of piperidine rings is 1. The van der Waals surface area contributed by atoms with Gasteiger partial charge in [-0.2, -0.15) is 0 Å². The highest BCUT2D eigenvalue weighted by molar-refractivity contribution is 5.81. The Kier molecular flexibility index (Phi) is 3.68. The van der Waals surface area contributed by atoms with E-state index in [1.807, 2.05) is 0 Å². The van der Waals surface area contributed by atoms with Gasteiger partial charge in [-0.05, 0) is 32.1 Å². The first-order chi connectivity index (χ1) is 7.61. The third kappa shape index (κ3) is 2.32. The average molecular weight is 223 g/mol. The van der Waals surface area contributed by atoms with Crippen LogP contribution in [0.5, 0.6) is 0 Å². The van der Waals surface area contributed by atoms with E-state index in [4.69, 9.17) is 0 Å². The highest BCUT2D eigenvalue weighted by atomic mass is 16.1. The molecule has 2 aliphatic heterocycles. The van der Waals surface area contributed by atoms with Gasteiger partial charge in [-0.1, -0.05) is 20.3 Å². The summed E-state index contributed by atoms with van der Waals surface area (Å²) in [5.74, 6) is 1.31. The molecule has 92 valence electrons. The number of rotatable bonds is 4. The van der Waals surface area contributed by atoms with Crippen molar-refractivity contribution >= 4 is 5.78 Å². The summed E-state index contributed by atoms with van der Waals surface area (Å²) >= 11 is 0. The third-order valence-corrected chi connectivity index (χ3v) is 4.55. The first kappa shape index (κ1) is 12.1. The molecule has 4 unspecified atom stereocenters. The number of hydrogen-bond donors (Lipinski definition) is 0. The molecular formula is C14H25NO. The number of carbonyl (C=O) groups excluding carboxylic acids is 1. The van der Waals surface area contributed by atoms with E-state index in [2.05, 4.69) is 25.7 Å². The smallest absolute Gasteiger partial charge is 0.136 e. The van der Waals surface area contributed by atoms with E-state index in [0.717, 1.165) is 18.8 Å². The predicted molar refractivity (Wildman–Crippen MR) is 66.4 cm³/mol. The highest BCUT2D eigenvalue weighted by Crippen LogP contribution is 2.36. The number of fused-ring (bicyclic) bond motifs is 2. The minimum absolute atomic E-state index is 0.500. The van der Waals surface area contributed by atoms with Gasteiger partial charge in [-0.25, -0.2) is 0 Å². The minimum atomic E-state index is 0.500. The lowest BCUT2D eigenvalue weighted by Crippen LogP contribution is -2.48. The summed E-state index contributed by atoms with van der Waals surface area (Å²) in [6, 6.07) is 1.82. The molecule has 4 atom stereocenters. The summed E-state index contributed by atoms with van der Waals surface area (Å²) < 4.78 is 0. The van der Waals surface area contributed by atoms with E-state index >= 15 is 0 Å². The van der Waals surface area contributed by atoms with Gasteiger partial charge in [-0.15, -0.1) is 0 Å². The van der Waals surface area contributed by atoms with Crippen molar-refractivity contribution in [1.82, 2.24) is 4.90 Å². The number of nitrogens with zero attached hydrogens (tertiary/aromatic N) is 1. The summed E-state index contributed by atoms with van der Waals surface area (Å²) in [6.45, 7) is 6.96. The molecule has 2 nitrogen and oxygen atoms in total. The second-order valence-electron chi connectivity index (χ2n) is 5.88. The summed E-state index contributed by atoms with van der Waals surface area (Å²) in [5, 5.41) is 0. The van der Waals surface area contributed by atoms with Gasteiger partial charge in [0, 0.05) is 31.0 Å². The molecule has 0 amide bonds. The summed E-state index contributed by atoms with van der Waals surface area (Å²) in [4.78, 5) is 14.2. The monoisotopic (exact) mass is 223 g/mol. The average Bonchev–Trinajstić information content (AvgIpc) is 2.51. The normalized spacial score (nSPS) is 34.1. The number of ketones is 1. The topological polar surface area (TPSA) is 20.3 Å². The Labute approximate surface area is 99.4 Å². The van der Waals surface area contributed by atoms with Crippen molar-refractivity contribution in [2.24, 2.45) is 5.92 Å². The maximum Gasteiger partial charge on any atom is 0.136 e. The molecule has 0 aliphatic carbocycles. The van der Waals surface area contributed by atoms with Crippen LogP contribution in [0.3, 0.4) is 0 Å². The van der Waals surface area contributed by atoms with Gasteiger partial charge in [0.05, 0.1) is 0 Å². The van der Waals surface area contributed by atoms with Crippen LogP contribution in [0, 0.1) is 5.92 Å². The Morgan fingerprint density at radius 1 is 1.25 bits per heavy atom. The molecule has 0 aromatic carbocycles. The molecule has 0 N–H and O–H groups in total. The Bertz CT molecular complexity index is 247. The lowest BCUT2D eigenvalue weighted by molar-refractivity contribution is -0.124. The third-order valence-electron chi connectivity index (χ3n) is 4.55. The van der Waals surface area contributed by atoms with Crippen LogP contribution in [0.4, 0.5) is 0 Å². The fourth-order valence-electron chi connectivity index (χ4n) is 3.60. The Morgan fingerprint density at radius 3 is 2.31 bits per heavy atom. The van der Waals surface area contributed by atoms with Crippen molar-refractivity contribution in [1.29, 1.82) is 0 Å². The van der Waals surface area contributed by atoms with Gasteiger partial charge in [0.2, 0.25) is 0 Å². The van der Waals surface area contributed by atoms with Crippen molar-refractivity contribution in [2.75, 3.05) is 0 Å². The molecule has 2 bridgehead atoms. The molecule has 2 heteroatoms. The van der Waals surface area contributed by atoms with Gasteiger partial charge in [-0.3, -0.25) is 9.69 Å². The number of Topliss-reactive ketones (excluding diaryl/α,β-unsaturated/α-hetero) is 1. The van der Waals surface area contributed by atoms with Crippen LogP contribution in [0.25, 0.3) is 0 Å². The second-order valence-corrected chi connectivity index (χ2v) is 5.88. The van der Waals surface area contributed by atoms with Crippen molar-refractivity contribution in [3.05, 3.63) is 0 Å². The molecular weight excluding hydrogens is 198 g/mol. The minimum Gasteiger partial charge on any atom is -0.300 e. The largest absolute Gasteiger partial charge is 0.300 e. The molecule has 2 heterocycles. The van der Waals surface area contributed by atoms with Crippen molar-refractivity contribution in [3.63, 3.8) is 0 Å². The number of hydrogen-bond acceptors (Lipinski definition) is 2. The lowest BCUT2D eigenvalue weighted by Gasteiger charge is -2.39. The van der Waals surface area contributed by atoms with E-state index in [9.17, 15) is 4.79 Å². The summed E-state index contributed by atoms with van der Waals surface area (Å²) in [5.41, 5.74) is 0.